The van der Waals surface area contributed by atoms with Crippen molar-refractivity contribution in [2.45, 2.75) is 56.3 Å². The quantitative estimate of drug-likeness (QED) is 0.139. The molecule has 1 heterocycles. The summed E-state index contributed by atoms with van der Waals surface area (Å²) in [7, 11) is 0. The van der Waals surface area contributed by atoms with E-state index in [-0.39, 0.29) is 6.42 Å². The molecular weight excluding hydrogens is 446 g/mol. The lowest BCUT2D eigenvalue weighted by atomic mass is 10.1. The number of aliphatic carboxylic acids is 2. The highest BCUT2D eigenvalue weighted by atomic mass is 32.2. The summed E-state index contributed by atoms with van der Waals surface area (Å²) in [5, 5.41) is 28.0. The first-order valence-corrected chi connectivity index (χ1v) is 11.3. The molecule has 4 amide bonds. The van der Waals surface area contributed by atoms with Crippen LogP contribution in [0.4, 0.5) is 0 Å². The minimum absolute atomic E-state index is 0.103. The largest absolute Gasteiger partial charge is 0.481 e. The zero-order chi connectivity index (χ0) is 24.3. The Bertz CT molecular complexity index is 728. The normalized spacial score (nSPS) is 18.1. The Balaban J connectivity index is 2.91. The van der Waals surface area contributed by atoms with E-state index >= 15 is 0 Å². The number of thioether (sulfide) groups is 1. The van der Waals surface area contributed by atoms with Gasteiger partial charge in [-0.05, 0) is 37.8 Å². The van der Waals surface area contributed by atoms with Crippen molar-refractivity contribution >= 4 is 47.3 Å². The van der Waals surface area contributed by atoms with E-state index in [0.717, 1.165) is 6.42 Å². The second-order valence-corrected chi connectivity index (χ2v) is 8.21. The molecule has 0 radical (unpaired) electrons. The standard InChI is InChI=1S/C18H29N5O8S/c1-32-6-4-10(18(30)31)21-16(28)11(7-13(19)24)22-17(29)12(8-14(25)26)23-15(27)9-3-2-5-20-9/h9-12,20H,2-8H2,1H3,(H2,19,24)(H,21,28)(H,22,29)(H,23,27)(H,25,26)(H,30,31)/t9-,10-,11-,12-/m0/s1. The van der Waals surface area contributed by atoms with Crippen LogP contribution in [0.5, 0.6) is 0 Å². The van der Waals surface area contributed by atoms with Gasteiger partial charge in [0.1, 0.15) is 18.1 Å². The third kappa shape index (κ3) is 9.51. The number of nitrogens with two attached hydrogens (primary N) is 1. The van der Waals surface area contributed by atoms with E-state index in [2.05, 4.69) is 21.3 Å². The molecule has 1 saturated heterocycles. The SMILES string of the molecule is CSCC[C@H](NC(=O)[C@H](CC(N)=O)NC(=O)[C@H](CC(=O)O)NC(=O)[C@@H]1CCCN1)C(=O)O. The Morgan fingerprint density at radius 3 is 2.06 bits per heavy atom. The lowest BCUT2D eigenvalue weighted by Gasteiger charge is -2.24. The van der Waals surface area contributed by atoms with Crippen LogP contribution in [0.2, 0.25) is 0 Å². The Hall–Kier alpha value is -2.87. The summed E-state index contributed by atoms with van der Waals surface area (Å²) < 4.78 is 0. The predicted molar refractivity (Wildman–Crippen MR) is 114 cm³/mol. The van der Waals surface area contributed by atoms with Crippen LogP contribution in [-0.2, 0) is 28.8 Å². The van der Waals surface area contributed by atoms with Crippen molar-refractivity contribution < 1.29 is 39.0 Å². The van der Waals surface area contributed by atoms with Gasteiger partial charge in [0.05, 0.1) is 18.9 Å². The number of hydrogen-bond acceptors (Lipinski definition) is 8. The lowest BCUT2D eigenvalue weighted by molar-refractivity contribution is -0.143. The van der Waals surface area contributed by atoms with Gasteiger partial charge in [-0.3, -0.25) is 24.0 Å². The summed E-state index contributed by atoms with van der Waals surface area (Å²) in [6.45, 7) is 0.607. The van der Waals surface area contributed by atoms with E-state index in [4.69, 9.17) is 10.8 Å². The minimum Gasteiger partial charge on any atom is -0.481 e. The first-order valence-electron chi connectivity index (χ1n) is 9.91. The third-order valence-corrected chi connectivity index (χ3v) is 5.30. The Kier molecular flexibility index (Phi) is 11.5. The molecule has 0 aliphatic carbocycles. The Morgan fingerprint density at radius 1 is 1.00 bits per heavy atom. The molecule has 0 saturated carbocycles. The molecule has 180 valence electrons. The second kappa shape index (κ2) is 13.5. The van der Waals surface area contributed by atoms with Gasteiger partial charge in [-0.25, -0.2) is 4.79 Å². The molecule has 8 N–H and O–H groups in total. The molecule has 13 nitrogen and oxygen atoms in total. The van der Waals surface area contributed by atoms with Crippen LogP contribution >= 0.6 is 11.8 Å². The number of rotatable bonds is 14. The van der Waals surface area contributed by atoms with Crippen LogP contribution in [0, 0.1) is 0 Å². The first kappa shape index (κ1) is 27.2. The fraction of sp³-hybridized carbons (Fsp3) is 0.667. The smallest absolute Gasteiger partial charge is 0.326 e. The summed E-state index contributed by atoms with van der Waals surface area (Å²) in [5.41, 5.74) is 5.14. The number of primary amides is 1. The number of carboxylic acid groups (broad SMARTS) is 2. The van der Waals surface area contributed by atoms with Gasteiger partial charge < -0.3 is 37.2 Å². The minimum atomic E-state index is -1.55. The predicted octanol–water partition coefficient (Wildman–Crippen LogP) is -2.62. The van der Waals surface area contributed by atoms with Gasteiger partial charge in [0, 0.05) is 0 Å². The van der Waals surface area contributed by atoms with Gasteiger partial charge >= 0.3 is 11.9 Å². The van der Waals surface area contributed by atoms with E-state index in [1.165, 1.54) is 11.8 Å². The molecule has 14 heteroatoms. The van der Waals surface area contributed by atoms with Crippen molar-refractivity contribution in [2.24, 2.45) is 5.73 Å². The second-order valence-electron chi connectivity index (χ2n) is 7.22. The molecule has 0 spiro atoms. The molecule has 4 atom stereocenters. The highest BCUT2D eigenvalue weighted by molar-refractivity contribution is 7.98. The van der Waals surface area contributed by atoms with Gasteiger partial charge in [-0.1, -0.05) is 0 Å². The van der Waals surface area contributed by atoms with Crippen molar-refractivity contribution in [1.29, 1.82) is 0 Å². The molecular formula is C18H29N5O8S. The topological polar surface area (TPSA) is 217 Å². The molecule has 1 aliphatic rings. The maximum Gasteiger partial charge on any atom is 0.326 e. The molecule has 0 bridgehead atoms. The van der Waals surface area contributed by atoms with Crippen LogP contribution in [0.1, 0.15) is 32.1 Å². The van der Waals surface area contributed by atoms with Crippen LogP contribution < -0.4 is 27.0 Å². The zero-order valence-electron chi connectivity index (χ0n) is 17.6. The van der Waals surface area contributed by atoms with E-state index < -0.39 is 72.6 Å². The molecule has 32 heavy (non-hydrogen) atoms. The van der Waals surface area contributed by atoms with Crippen LogP contribution in [-0.4, -0.2) is 88.5 Å². The molecule has 1 aliphatic heterocycles. The maximum absolute atomic E-state index is 12.7. The summed E-state index contributed by atoms with van der Waals surface area (Å²) in [6.07, 6.45) is 1.72. The number of hydrogen-bond donors (Lipinski definition) is 7. The lowest BCUT2D eigenvalue weighted by Crippen LogP contribution is -2.58. The van der Waals surface area contributed by atoms with E-state index in [9.17, 15) is 33.9 Å². The number of amides is 4. The van der Waals surface area contributed by atoms with Crippen molar-refractivity contribution in [1.82, 2.24) is 21.3 Å². The number of nitrogens with one attached hydrogen (secondary N) is 4. The fourth-order valence-corrected chi connectivity index (χ4v) is 3.48. The molecule has 1 rings (SSSR count). The molecule has 0 aromatic carbocycles. The van der Waals surface area contributed by atoms with Crippen LogP contribution in [0.3, 0.4) is 0 Å². The number of carboxylic acids is 2. The fourth-order valence-electron chi connectivity index (χ4n) is 3.01. The first-order chi connectivity index (χ1) is 15.0. The van der Waals surface area contributed by atoms with E-state index in [1.807, 2.05) is 0 Å². The molecule has 0 aromatic rings. The summed E-state index contributed by atoms with van der Waals surface area (Å²) in [6, 6.07) is -4.90. The van der Waals surface area contributed by atoms with Crippen LogP contribution in [0.25, 0.3) is 0 Å². The van der Waals surface area contributed by atoms with Crippen molar-refractivity contribution in [3.63, 3.8) is 0 Å². The monoisotopic (exact) mass is 475 g/mol. The van der Waals surface area contributed by atoms with Gasteiger partial charge in [0.15, 0.2) is 0 Å². The van der Waals surface area contributed by atoms with Crippen molar-refractivity contribution in [3.05, 3.63) is 0 Å². The average molecular weight is 476 g/mol. The van der Waals surface area contributed by atoms with Crippen molar-refractivity contribution in [2.75, 3.05) is 18.6 Å². The molecule has 0 unspecified atom stereocenters. The van der Waals surface area contributed by atoms with Gasteiger partial charge in [-0.2, -0.15) is 11.8 Å². The molecule has 1 fully saturated rings. The Labute approximate surface area is 188 Å². The van der Waals surface area contributed by atoms with Gasteiger partial charge in [0.2, 0.25) is 23.6 Å². The summed E-state index contributed by atoms with van der Waals surface area (Å²) in [5.74, 6) is -5.73. The Morgan fingerprint density at radius 2 is 1.59 bits per heavy atom. The summed E-state index contributed by atoms with van der Waals surface area (Å²) in [4.78, 5) is 71.4. The highest BCUT2D eigenvalue weighted by Gasteiger charge is 2.33. The van der Waals surface area contributed by atoms with E-state index in [1.54, 1.807) is 6.26 Å². The van der Waals surface area contributed by atoms with Crippen LogP contribution in [0.15, 0.2) is 0 Å². The number of carbonyl (C=O) groups is 6. The maximum atomic E-state index is 12.7. The highest BCUT2D eigenvalue weighted by Crippen LogP contribution is 2.07. The summed E-state index contributed by atoms with van der Waals surface area (Å²) >= 11 is 1.37. The third-order valence-electron chi connectivity index (χ3n) is 4.65. The van der Waals surface area contributed by atoms with E-state index in [0.29, 0.717) is 18.7 Å². The average Bonchev–Trinajstić information content (AvgIpc) is 3.23. The van der Waals surface area contributed by atoms with Gasteiger partial charge in [-0.15, -0.1) is 0 Å². The number of carbonyl (C=O) groups excluding carboxylic acids is 4. The molecule has 0 aromatic heterocycles. The van der Waals surface area contributed by atoms with Gasteiger partial charge in [0.25, 0.3) is 0 Å². The van der Waals surface area contributed by atoms with Crippen molar-refractivity contribution in [3.8, 4) is 0 Å². The zero-order valence-corrected chi connectivity index (χ0v) is 18.4.